The fraction of sp³-hybridized carbons (Fsp3) is 0.261. The number of aryl methyl sites for hydroxylation is 1. The molecule has 0 N–H and O–H groups in total. The number of hydrogen-bond acceptors (Lipinski definition) is 4. The molecule has 0 aliphatic carbocycles. The number of sulfonamides is 1. The number of benzene rings is 2. The van der Waals surface area contributed by atoms with E-state index in [2.05, 4.69) is 4.98 Å². The second-order valence-electron chi connectivity index (χ2n) is 7.25. The van der Waals surface area contributed by atoms with Crippen molar-refractivity contribution >= 4 is 10.0 Å². The molecule has 1 saturated heterocycles. The van der Waals surface area contributed by atoms with Gasteiger partial charge in [0.1, 0.15) is 5.75 Å². The van der Waals surface area contributed by atoms with Gasteiger partial charge in [-0.3, -0.25) is 0 Å². The topological polar surface area (TPSA) is 59.5 Å². The average molecular weight is 409 g/mol. The van der Waals surface area contributed by atoms with Crippen LogP contribution in [0.5, 0.6) is 11.6 Å². The third kappa shape index (κ3) is 4.18. The number of pyridine rings is 1. The minimum absolute atomic E-state index is 0.303. The molecule has 5 nitrogen and oxygen atoms in total. The van der Waals surface area contributed by atoms with Gasteiger partial charge >= 0.3 is 0 Å². The predicted octanol–water partition coefficient (Wildman–Crippen LogP) is 5.10. The average Bonchev–Trinajstić information content (AvgIpc) is 2.75. The molecule has 2 heterocycles. The Bertz CT molecular complexity index is 1070. The fourth-order valence-corrected chi connectivity index (χ4v) is 5.37. The first-order chi connectivity index (χ1) is 14.1. The highest BCUT2D eigenvalue weighted by atomic mass is 32.2. The van der Waals surface area contributed by atoms with Gasteiger partial charge in [-0.05, 0) is 50.1 Å². The number of hydrogen-bond donors (Lipinski definition) is 0. The Balaban J connectivity index is 1.71. The molecule has 1 atom stereocenters. The molecule has 0 amide bonds. The summed E-state index contributed by atoms with van der Waals surface area (Å²) >= 11 is 0. The van der Waals surface area contributed by atoms with Crippen LogP contribution in [0.15, 0.2) is 77.8 Å². The summed E-state index contributed by atoms with van der Waals surface area (Å²) in [5, 5.41) is 0. The lowest BCUT2D eigenvalue weighted by Gasteiger charge is -2.35. The third-order valence-corrected chi connectivity index (χ3v) is 7.12. The first-order valence-electron chi connectivity index (χ1n) is 9.82. The maximum atomic E-state index is 13.4. The van der Waals surface area contributed by atoms with Gasteiger partial charge in [0.2, 0.25) is 15.9 Å². The maximum absolute atomic E-state index is 13.4. The lowest BCUT2D eigenvalue weighted by molar-refractivity contribution is 0.250. The Morgan fingerprint density at radius 2 is 1.72 bits per heavy atom. The van der Waals surface area contributed by atoms with Crippen LogP contribution < -0.4 is 4.74 Å². The van der Waals surface area contributed by atoms with Gasteiger partial charge in [0.25, 0.3) is 0 Å². The van der Waals surface area contributed by atoms with Crippen LogP contribution in [0.25, 0.3) is 0 Å². The lowest BCUT2D eigenvalue weighted by Crippen LogP contribution is -2.38. The van der Waals surface area contributed by atoms with Crippen molar-refractivity contribution in [2.75, 3.05) is 6.54 Å². The summed E-state index contributed by atoms with van der Waals surface area (Å²) in [4.78, 5) is 4.73. The summed E-state index contributed by atoms with van der Waals surface area (Å²) in [7, 11) is -3.62. The Hall–Kier alpha value is -2.70. The summed E-state index contributed by atoms with van der Waals surface area (Å²) in [5.74, 6) is 1.13. The second kappa shape index (κ2) is 8.35. The Morgan fingerprint density at radius 3 is 2.48 bits per heavy atom. The van der Waals surface area contributed by atoms with Crippen LogP contribution in [0, 0.1) is 6.92 Å². The third-order valence-electron chi connectivity index (χ3n) is 5.20. The summed E-state index contributed by atoms with van der Waals surface area (Å²) in [6.45, 7) is 2.43. The van der Waals surface area contributed by atoms with E-state index in [-0.39, 0.29) is 6.04 Å². The molecule has 2 aromatic carbocycles. The van der Waals surface area contributed by atoms with Gasteiger partial charge in [-0.1, -0.05) is 48.4 Å². The molecule has 0 spiro atoms. The zero-order chi connectivity index (χ0) is 20.3. The van der Waals surface area contributed by atoms with E-state index in [4.69, 9.17) is 4.74 Å². The minimum Gasteiger partial charge on any atom is -0.439 e. The van der Waals surface area contributed by atoms with Gasteiger partial charge in [0.15, 0.2) is 0 Å². The predicted molar refractivity (Wildman–Crippen MR) is 112 cm³/mol. The molecule has 0 radical (unpaired) electrons. The molecule has 1 fully saturated rings. The van der Waals surface area contributed by atoms with E-state index < -0.39 is 10.0 Å². The van der Waals surface area contributed by atoms with E-state index in [1.807, 2.05) is 61.5 Å². The molecule has 29 heavy (non-hydrogen) atoms. The van der Waals surface area contributed by atoms with Crippen LogP contribution in [0.1, 0.15) is 36.4 Å². The van der Waals surface area contributed by atoms with Crippen LogP contribution >= 0.6 is 0 Å². The van der Waals surface area contributed by atoms with Crippen LogP contribution in [-0.2, 0) is 10.0 Å². The van der Waals surface area contributed by atoms with Gasteiger partial charge in [0.05, 0.1) is 10.9 Å². The first-order valence-corrected chi connectivity index (χ1v) is 11.3. The van der Waals surface area contributed by atoms with Crippen LogP contribution in [0.4, 0.5) is 0 Å². The monoisotopic (exact) mass is 408 g/mol. The minimum atomic E-state index is -3.62. The number of aromatic nitrogens is 1. The van der Waals surface area contributed by atoms with Crippen molar-refractivity contribution < 1.29 is 13.2 Å². The summed E-state index contributed by atoms with van der Waals surface area (Å²) in [6, 6.07) is 19.9. The van der Waals surface area contributed by atoms with Crippen molar-refractivity contribution in [3.05, 3.63) is 84.1 Å². The lowest BCUT2D eigenvalue weighted by atomic mass is 9.98. The van der Waals surface area contributed by atoms with Crippen molar-refractivity contribution in [1.82, 2.24) is 9.29 Å². The summed E-state index contributed by atoms with van der Waals surface area (Å²) in [5.41, 5.74) is 1.83. The molecule has 0 bridgehead atoms. The molecule has 1 aromatic heterocycles. The SMILES string of the molecule is Cc1ccc(S(=O)(=O)N2CCCCC2c2cccnc2Oc2ccccc2)cc1. The number of nitrogens with zero attached hydrogens (tertiary/aromatic N) is 2. The van der Waals surface area contributed by atoms with E-state index in [0.29, 0.717) is 23.1 Å². The zero-order valence-corrected chi connectivity index (χ0v) is 17.2. The molecule has 0 saturated carbocycles. The molecule has 4 rings (SSSR count). The van der Waals surface area contributed by atoms with Gasteiger partial charge in [0, 0.05) is 18.3 Å². The summed E-state index contributed by atoms with van der Waals surface area (Å²) in [6.07, 6.45) is 4.21. The van der Waals surface area contributed by atoms with Gasteiger partial charge in [-0.15, -0.1) is 0 Å². The normalized spacial score (nSPS) is 17.8. The number of para-hydroxylation sites is 1. The first kappa shape index (κ1) is 19.6. The number of rotatable bonds is 5. The Kier molecular flexibility index (Phi) is 5.65. The highest BCUT2D eigenvalue weighted by Gasteiger charge is 2.36. The van der Waals surface area contributed by atoms with Gasteiger partial charge < -0.3 is 4.74 Å². The largest absolute Gasteiger partial charge is 0.439 e. The molecule has 6 heteroatoms. The van der Waals surface area contributed by atoms with Crippen molar-refractivity contribution in [3.63, 3.8) is 0 Å². The molecule has 150 valence electrons. The van der Waals surface area contributed by atoms with Gasteiger partial charge in [-0.25, -0.2) is 13.4 Å². The molecule has 1 aliphatic rings. The second-order valence-corrected chi connectivity index (χ2v) is 9.14. The maximum Gasteiger partial charge on any atom is 0.243 e. The van der Waals surface area contributed by atoms with Crippen LogP contribution in [0.2, 0.25) is 0 Å². The fourth-order valence-electron chi connectivity index (χ4n) is 3.69. The summed E-state index contributed by atoms with van der Waals surface area (Å²) < 4.78 is 34.5. The molecule has 1 aliphatic heterocycles. The quantitative estimate of drug-likeness (QED) is 0.589. The standard InChI is InChI=1S/C23H24N2O3S/c1-18-12-14-20(15-13-18)29(26,27)25-17-6-5-11-22(25)21-10-7-16-24-23(21)28-19-8-3-2-4-9-19/h2-4,7-10,12-16,22H,5-6,11,17H2,1H3. The van der Waals surface area contributed by atoms with E-state index in [1.165, 1.54) is 0 Å². The van der Waals surface area contributed by atoms with Crippen molar-refractivity contribution in [3.8, 4) is 11.6 Å². The van der Waals surface area contributed by atoms with Crippen LogP contribution in [0.3, 0.4) is 0 Å². The van der Waals surface area contributed by atoms with E-state index in [1.54, 1.807) is 22.6 Å². The van der Waals surface area contributed by atoms with E-state index in [9.17, 15) is 8.42 Å². The number of piperidine rings is 1. The van der Waals surface area contributed by atoms with E-state index in [0.717, 1.165) is 30.4 Å². The zero-order valence-electron chi connectivity index (χ0n) is 16.4. The highest BCUT2D eigenvalue weighted by molar-refractivity contribution is 7.89. The Morgan fingerprint density at radius 1 is 0.966 bits per heavy atom. The molecular formula is C23H24N2O3S. The van der Waals surface area contributed by atoms with Crippen LogP contribution in [-0.4, -0.2) is 24.3 Å². The smallest absolute Gasteiger partial charge is 0.243 e. The molecule has 1 unspecified atom stereocenters. The highest BCUT2D eigenvalue weighted by Crippen LogP contribution is 2.39. The molecule has 3 aromatic rings. The van der Waals surface area contributed by atoms with Crippen molar-refractivity contribution in [2.45, 2.75) is 37.1 Å². The van der Waals surface area contributed by atoms with Crippen molar-refractivity contribution in [1.29, 1.82) is 0 Å². The van der Waals surface area contributed by atoms with Gasteiger partial charge in [-0.2, -0.15) is 4.31 Å². The van der Waals surface area contributed by atoms with E-state index >= 15 is 0 Å². The van der Waals surface area contributed by atoms with Crippen molar-refractivity contribution in [2.24, 2.45) is 0 Å². The molecular weight excluding hydrogens is 384 g/mol. The number of ether oxygens (including phenoxy) is 1. The Labute approximate surface area is 172 Å².